The van der Waals surface area contributed by atoms with Gasteiger partial charge in [0.1, 0.15) is 0 Å². The van der Waals surface area contributed by atoms with E-state index in [0.29, 0.717) is 12.0 Å². The first-order valence-electron chi connectivity index (χ1n) is 7.86. The minimum absolute atomic E-state index is 0.0565. The lowest BCUT2D eigenvalue weighted by Crippen LogP contribution is -2.38. The molecule has 0 bridgehead atoms. The topological polar surface area (TPSA) is 21.3 Å². The number of nitrogens with one attached hydrogen (secondary N) is 1. The summed E-state index contributed by atoms with van der Waals surface area (Å²) in [5.74, 6) is 0.450. The van der Waals surface area contributed by atoms with Crippen molar-refractivity contribution in [2.24, 2.45) is 5.92 Å². The Hall–Kier alpha value is -0.380. The molecule has 1 aromatic rings. The fourth-order valence-electron chi connectivity index (χ4n) is 3.70. The number of aryl methyl sites for hydroxylation is 1. The smallest absolute Gasteiger partial charge is 0.0681 e. The van der Waals surface area contributed by atoms with Crippen LogP contribution in [0.4, 0.5) is 0 Å². The molecule has 1 saturated heterocycles. The van der Waals surface area contributed by atoms with E-state index in [0.717, 1.165) is 13.0 Å². The van der Waals surface area contributed by atoms with Crippen LogP contribution < -0.4 is 5.32 Å². The first kappa shape index (κ1) is 17.0. The van der Waals surface area contributed by atoms with Crippen molar-refractivity contribution in [1.29, 1.82) is 0 Å². The van der Waals surface area contributed by atoms with Gasteiger partial charge < -0.3 is 10.1 Å². The lowest BCUT2D eigenvalue weighted by Gasteiger charge is -2.34. The number of hydrogen-bond donors (Lipinski definition) is 1. The zero-order valence-corrected chi connectivity index (χ0v) is 15.7. The molecule has 1 fully saturated rings. The third-order valence-electron chi connectivity index (χ3n) is 4.46. The van der Waals surface area contributed by atoms with Crippen LogP contribution in [0.1, 0.15) is 58.2 Å². The monoisotopic (exact) mass is 353 g/mol. The second kappa shape index (κ2) is 6.02. The summed E-state index contributed by atoms with van der Waals surface area (Å²) in [5, 5.41) is 3.68. The molecule has 0 aromatic heterocycles. The zero-order chi connectivity index (χ0) is 15.8. The molecule has 1 aromatic carbocycles. The van der Waals surface area contributed by atoms with Crippen LogP contribution in [0.3, 0.4) is 0 Å². The maximum absolute atomic E-state index is 6.31. The van der Waals surface area contributed by atoms with Gasteiger partial charge in [0, 0.05) is 16.4 Å². The highest BCUT2D eigenvalue weighted by Crippen LogP contribution is 2.48. The van der Waals surface area contributed by atoms with Crippen molar-refractivity contribution in [1.82, 2.24) is 5.32 Å². The molecule has 1 aliphatic heterocycles. The van der Waals surface area contributed by atoms with Crippen LogP contribution in [0.5, 0.6) is 0 Å². The van der Waals surface area contributed by atoms with E-state index in [1.807, 2.05) is 0 Å². The number of hydrogen-bond acceptors (Lipinski definition) is 2. The van der Waals surface area contributed by atoms with Crippen LogP contribution >= 0.6 is 15.9 Å². The predicted molar refractivity (Wildman–Crippen MR) is 92.6 cm³/mol. The van der Waals surface area contributed by atoms with Crippen molar-refractivity contribution in [2.45, 2.75) is 65.2 Å². The molecule has 0 aliphatic carbocycles. The van der Waals surface area contributed by atoms with Crippen molar-refractivity contribution < 1.29 is 4.74 Å². The molecule has 118 valence electrons. The summed E-state index contributed by atoms with van der Waals surface area (Å²) in [5.41, 5.74) is 2.43. The zero-order valence-electron chi connectivity index (χ0n) is 14.1. The lowest BCUT2D eigenvalue weighted by molar-refractivity contribution is -0.0778. The Kier molecular flexibility index (Phi) is 4.87. The fraction of sp³-hybridized carbons (Fsp3) is 0.667. The van der Waals surface area contributed by atoms with E-state index in [-0.39, 0.29) is 11.2 Å². The van der Waals surface area contributed by atoms with Crippen LogP contribution in [0.15, 0.2) is 22.7 Å². The van der Waals surface area contributed by atoms with Crippen molar-refractivity contribution in [3.8, 4) is 0 Å². The van der Waals surface area contributed by atoms with Gasteiger partial charge in [-0.25, -0.2) is 0 Å². The third kappa shape index (κ3) is 3.69. The molecular formula is C18H28BrNO. The molecule has 0 radical (unpaired) electrons. The minimum atomic E-state index is -0.124. The average molecular weight is 354 g/mol. The van der Waals surface area contributed by atoms with Crippen molar-refractivity contribution >= 4 is 15.9 Å². The van der Waals surface area contributed by atoms with Gasteiger partial charge in [-0.2, -0.15) is 0 Å². The quantitative estimate of drug-likeness (QED) is 0.821. The summed E-state index contributed by atoms with van der Waals surface area (Å²) < 4.78 is 7.49. The summed E-state index contributed by atoms with van der Waals surface area (Å²) in [7, 11) is 0. The number of rotatable bonds is 4. The maximum Gasteiger partial charge on any atom is 0.0681 e. The number of halogens is 1. The van der Waals surface area contributed by atoms with Crippen LogP contribution in [0.25, 0.3) is 0 Å². The van der Waals surface area contributed by atoms with Gasteiger partial charge >= 0.3 is 0 Å². The standard InChI is InChI=1S/C18H28BrNO/c1-7-20-16(13-9-8-12(2)10-15(13)19)14-11-17(3,4)21-18(14,5)6/h8-10,14,16,20H,7,11H2,1-6H3. The molecule has 0 amide bonds. The Bertz CT molecular complexity index is 510. The first-order valence-corrected chi connectivity index (χ1v) is 8.65. The Morgan fingerprint density at radius 2 is 2.00 bits per heavy atom. The van der Waals surface area contributed by atoms with Crippen LogP contribution in [-0.2, 0) is 4.74 Å². The van der Waals surface area contributed by atoms with E-state index < -0.39 is 0 Å². The van der Waals surface area contributed by atoms with Crippen molar-refractivity contribution in [2.75, 3.05) is 6.54 Å². The molecule has 2 atom stereocenters. The molecule has 21 heavy (non-hydrogen) atoms. The number of benzene rings is 1. The van der Waals surface area contributed by atoms with Gasteiger partial charge in [0.15, 0.2) is 0 Å². The summed E-state index contributed by atoms with van der Waals surface area (Å²) in [4.78, 5) is 0. The van der Waals surface area contributed by atoms with E-state index in [1.54, 1.807) is 0 Å². The fourth-order valence-corrected chi connectivity index (χ4v) is 4.44. The molecule has 2 unspecified atom stereocenters. The van der Waals surface area contributed by atoms with E-state index in [1.165, 1.54) is 15.6 Å². The molecule has 3 heteroatoms. The van der Waals surface area contributed by atoms with Gasteiger partial charge in [0.05, 0.1) is 11.2 Å². The third-order valence-corrected chi connectivity index (χ3v) is 5.15. The van der Waals surface area contributed by atoms with E-state index in [9.17, 15) is 0 Å². The van der Waals surface area contributed by atoms with Gasteiger partial charge in [0.2, 0.25) is 0 Å². The van der Waals surface area contributed by atoms with E-state index >= 15 is 0 Å². The van der Waals surface area contributed by atoms with Crippen LogP contribution in [0, 0.1) is 12.8 Å². The average Bonchev–Trinajstić information content (AvgIpc) is 2.55. The predicted octanol–water partition coefficient (Wildman–Crippen LogP) is 5.00. The molecule has 2 nitrogen and oxygen atoms in total. The molecule has 1 N–H and O–H groups in total. The summed E-state index contributed by atoms with van der Waals surface area (Å²) >= 11 is 3.75. The Morgan fingerprint density at radius 3 is 2.48 bits per heavy atom. The largest absolute Gasteiger partial charge is 0.369 e. The second-order valence-corrected chi connectivity index (χ2v) is 8.19. The highest BCUT2D eigenvalue weighted by molar-refractivity contribution is 9.10. The summed E-state index contributed by atoms with van der Waals surface area (Å²) in [6.07, 6.45) is 1.07. The van der Waals surface area contributed by atoms with E-state index in [2.05, 4.69) is 81.0 Å². The lowest BCUT2D eigenvalue weighted by atomic mass is 9.78. The van der Waals surface area contributed by atoms with Crippen LogP contribution in [-0.4, -0.2) is 17.7 Å². The SMILES string of the molecule is CCNC(c1ccc(C)cc1Br)C1CC(C)(C)OC1(C)C. The molecular weight excluding hydrogens is 326 g/mol. The van der Waals surface area contributed by atoms with Crippen molar-refractivity contribution in [3.05, 3.63) is 33.8 Å². The Balaban J connectivity index is 2.39. The van der Waals surface area contributed by atoms with Crippen molar-refractivity contribution in [3.63, 3.8) is 0 Å². The second-order valence-electron chi connectivity index (χ2n) is 7.34. The highest BCUT2D eigenvalue weighted by atomic mass is 79.9. The minimum Gasteiger partial charge on any atom is -0.369 e. The highest BCUT2D eigenvalue weighted by Gasteiger charge is 2.49. The van der Waals surface area contributed by atoms with Gasteiger partial charge in [0.25, 0.3) is 0 Å². The molecule has 1 aliphatic rings. The van der Waals surface area contributed by atoms with Gasteiger partial charge in [-0.05, 0) is 64.8 Å². The Labute approximate surface area is 137 Å². The molecule has 0 spiro atoms. The summed E-state index contributed by atoms with van der Waals surface area (Å²) in [6, 6.07) is 6.95. The Morgan fingerprint density at radius 1 is 1.33 bits per heavy atom. The molecule has 1 heterocycles. The van der Waals surface area contributed by atoms with Gasteiger partial charge in [-0.3, -0.25) is 0 Å². The van der Waals surface area contributed by atoms with E-state index in [4.69, 9.17) is 4.74 Å². The summed E-state index contributed by atoms with van der Waals surface area (Å²) in [6.45, 7) is 14.1. The molecule has 0 saturated carbocycles. The van der Waals surface area contributed by atoms with Crippen LogP contribution in [0.2, 0.25) is 0 Å². The normalized spacial score (nSPS) is 25.0. The van der Waals surface area contributed by atoms with Gasteiger partial charge in [-0.15, -0.1) is 0 Å². The van der Waals surface area contributed by atoms with Gasteiger partial charge in [-0.1, -0.05) is 35.0 Å². The first-order chi connectivity index (χ1) is 9.66. The molecule has 2 rings (SSSR count). The number of ether oxygens (including phenoxy) is 1. The maximum atomic E-state index is 6.31.